The maximum atomic E-state index is 11.6. The molecule has 1 aromatic rings. The van der Waals surface area contributed by atoms with Crippen LogP contribution in [0.2, 0.25) is 0 Å². The molecule has 5 nitrogen and oxygen atoms in total. The van der Waals surface area contributed by atoms with Gasteiger partial charge in [0.05, 0.1) is 10.6 Å². The molecule has 0 spiro atoms. The molecule has 0 bridgehead atoms. The lowest BCUT2D eigenvalue weighted by molar-refractivity contribution is 0.0827. The molecule has 0 aliphatic carbocycles. The van der Waals surface area contributed by atoms with Crippen LogP contribution in [0.1, 0.15) is 10.4 Å². The Labute approximate surface area is 94.8 Å². The molecule has 0 atom stereocenters. The van der Waals surface area contributed by atoms with Gasteiger partial charge in [0.2, 0.25) is 0 Å². The zero-order valence-corrected chi connectivity index (χ0v) is 10.2. The fourth-order valence-corrected chi connectivity index (χ4v) is 2.08. The van der Waals surface area contributed by atoms with Crippen molar-refractivity contribution in [2.45, 2.75) is 4.90 Å². The Bertz CT molecular complexity index is 521. The van der Waals surface area contributed by atoms with Crippen LogP contribution in [-0.4, -0.2) is 39.6 Å². The van der Waals surface area contributed by atoms with E-state index in [0.29, 0.717) is 5.56 Å². The second-order valence-electron chi connectivity index (χ2n) is 3.72. The Morgan fingerprint density at radius 3 is 2.31 bits per heavy atom. The highest BCUT2D eigenvalue weighted by molar-refractivity contribution is 7.90. The molecule has 0 aliphatic heterocycles. The van der Waals surface area contributed by atoms with Crippen LogP contribution in [0.5, 0.6) is 0 Å². The Morgan fingerprint density at radius 1 is 1.31 bits per heavy atom. The van der Waals surface area contributed by atoms with Gasteiger partial charge in [0.1, 0.15) is 0 Å². The zero-order valence-electron chi connectivity index (χ0n) is 9.39. The van der Waals surface area contributed by atoms with E-state index in [1.165, 1.54) is 23.1 Å². The molecule has 1 rings (SSSR count). The van der Waals surface area contributed by atoms with E-state index in [2.05, 4.69) is 0 Å². The molecule has 6 heteroatoms. The summed E-state index contributed by atoms with van der Waals surface area (Å²) in [5.41, 5.74) is 6.00. The smallest absolute Gasteiger partial charge is 0.253 e. The first kappa shape index (κ1) is 12.5. The number of rotatable bonds is 2. The summed E-state index contributed by atoms with van der Waals surface area (Å²) in [6.07, 6.45) is 1.06. The van der Waals surface area contributed by atoms with Gasteiger partial charge in [-0.2, -0.15) is 0 Å². The number of amides is 1. The molecule has 0 saturated heterocycles. The minimum absolute atomic E-state index is 0.0137. The van der Waals surface area contributed by atoms with Gasteiger partial charge in [-0.15, -0.1) is 0 Å². The molecule has 0 saturated carbocycles. The summed E-state index contributed by atoms with van der Waals surface area (Å²) in [4.78, 5) is 13.0. The summed E-state index contributed by atoms with van der Waals surface area (Å²) < 4.78 is 22.8. The largest absolute Gasteiger partial charge is 0.398 e. The van der Waals surface area contributed by atoms with Gasteiger partial charge in [0.15, 0.2) is 9.84 Å². The van der Waals surface area contributed by atoms with Gasteiger partial charge in [-0.05, 0) is 18.2 Å². The third-order valence-corrected chi connectivity index (χ3v) is 3.22. The van der Waals surface area contributed by atoms with E-state index >= 15 is 0 Å². The molecule has 0 radical (unpaired) electrons. The first-order valence-electron chi connectivity index (χ1n) is 4.54. The van der Waals surface area contributed by atoms with Crippen LogP contribution in [0.15, 0.2) is 23.1 Å². The van der Waals surface area contributed by atoms with Crippen molar-refractivity contribution in [3.05, 3.63) is 23.8 Å². The Kier molecular flexibility index (Phi) is 3.23. The van der Waals surface area contributed by atoms with Crippen LogP contribution in [0, 0.1) is 0 Å². The highest BCUT2D eigenvalue weighted by Gasteiger charge is 2.15. The predicted molar refractivity (Wildman–Crippen MR) is 62.0 cm³/mol. The molecule has 88 valence electrons. The van der Waals surface area contributed by atoms with Gasteiger partial charge in [-0.3, -0.25) is 4.79 Å². The van der Waals surface area contributed by atoms with Crippen molar-refractivity contribution in [2.75, 3.05) is 26.1 Å². The number of anilines is 1. The van der Waals surface area contributed by atoms with E-state index in [0.717, 1.165) is 6.26 Å². The van der Waals surface area contributed by atoms with Gasteiger partial charge in [0, 0.05) is 25.9 Å². The number of carbonyl (C=O) groups excluding carboxylic acids is 1. The van der Waals surface area contributed by atoms with Gasteiger partial charge >= 0.3 is 0 Å². The first-order chi connectivity index (χ1) is 7.23. The molecule has 0 heterocycles. The summed E-state index contributed by atoms with van der Waals surface area (Å²) in [6.45, 7) is 0. The number of nitrogen functional groups attached to an aromatic ring is 1. The molecule has 1 amide bonds. The van der Waals surface area contributed by atoms with Crippen LogP contribution in [0.4, 0.5) is 5.69 Å². The zero-order chi connectivity index (χ0) is 12.5. The number of hydrogen-bond donors (Lipinski definition) is 1. The third-order valence-electron chi connectivity index (χ3n) is 2.07. The topological polar surface area (TPSA) is 80.5 Å². The van der Waals surface area contributed by atoms with E-state index in [9.17, 15) is 13.2 Å². The highest BCUT2D eigenvalue weighted by Crippen LogP contribution is 2.20. The number of sulfone groups is 1. The van der Waals surface area contributed by atoms with E-state index in [-0.39, 0.29) is 16.5 Å². The monoisotopic (exact) mass is 242 g/mol. The molecular weight excluding hydrogens is 228 g/mol. The number of hydrogen-bond acceptors (Lipinski definition) is 4. The lowest BCUT2D eigenvalue weighted by Gasteiger charge is -2.11. The quantitative estimate of drug-likeness (QED) is 0.760. The number of carbonyl (C=O) groups is 1. The number of benzene rings is 1. The summed E-state index contributed by atoms with van der Waals surface area (Å²) in [5.74, 6) is -0.259. The second-order valence-corrected chi connectivity index (χ2v) is 5.71. The van der Waals surface area contributed by atoms with Crippen molar-refractivity contribution in [1.82, 2.24) is 4.90 Å². The molecule has 0 aliphatic rings. The molecule has 2 N–H and O–H groups in total. The van der Waals surface area contributed by atoms with Gasteiger partial charge < -0.3 is 10.6 Å². The summed E-state index contributed by atoms with van der Waals surface area (Å²) in [7, 11) is -0.219. The van der Waals surface area contributed by atoms with Crippen molar-refractivity contribution >= 4 is 21.4 Å². The fraction of sp³-hybridized carbons (Fsp3) is 0.300. The SMILES string of the molecule is CN(C)C(=O)c1ccc(N)c(S(C)(=O)=O)c1. The summed E-state index contributed by atoms with van der Waals surface area (Å²) in [6, 6.07) is 4.23. The fourth-order valence-electron chi connectivity index (χ4n) is 1.25. The molecule has 0 fully saturated rings. The first-order valence-corrected chi connectivity index (χ1v) is 6.44. The Morgan fingerprint density at radius 2 is 1.88 bits per heavy atom. The van der Waals surface area contributed by atoms with E-state index in [4.69, 9.17) is 5.73 Å². The minimum Gasteiger partial charge on any atom is -0.398 e. The van der Waals surface area contributed by atoms with Crippen LogP contribution >= 0.6 is 0 Å². The van der Waals surface area contributed by atoms with Crippen LogP contribution < -0.4 is 5.73 Å². The normalized spacial score (nSPS) is 11.2. The third kappa shape index (κ3) is 2.52. The molecular formula is C10H14N2O3S. The predicted octanol–water partition coefficient (Wildman–Crippen LogP) is 0.374. The minimum atomic E-state index is -3.41. The standard InChI is InChI=1S/C10H14N2O3S/c1-12(2)10(13)7-4-5-8(11)9(6-7)16(3,14)15/h4-6H,11H2,1-3H3. The van der Waals surface area contributed by atoms with E-state index in [1.54, 1.807) is 14.1 Å². The van der Waals surface area contributed by atoms with Crippen molar-refractivity contribution in [3.8, 4) is 0 Å². The van der Waals surface area contributed by atoms with Crippen LogP contribution in [-0.2, 0) is 9.84 Å². The van der Waals surface area contributed by atoms with Crippen LogP contribution in [0.25, 0.3) is 0 Å². The van der Waals surface area contributed by atoms with Crippen molar-refractivity contribution in [3.63, 3.8) is 0 Å². The van der Waals surface area contributed by atoms with Gasteiger partial charge in [-0.25, -0.2) is 8.42 Å². The van der Waals surface area contributed by atoms with Crippen molar-refractivity contribution < 1.29 is 13.2 Å². The van der Waals surface area contributed by atoms with E-state index in [1.807, 2.05) is 0 Å². The van der Waals surface area contributed by atoms with Gasteiger partial charge in [-0.1, -0.05) is 0 Å². The molecule has 0 unspecified atom stereocenters. The summed E-state index contributed by atoms with van der Waals surface area (Å²) in [5, 5.41) is 0. The Balaban J connectivity index is 3.34. The van der Waals surface area contributed by atoms with E-state index < -0.39 is 9.84 Å². The number of nitrogens with two attached hydrogens (primary N) is 1. The molecule has 16 heavy (non-hydrogen) atoms. The average molecular weight is 242 g/mol. The summed E-state index contributed by atoms with van der Waals surface area (Å²) >= 11 is 0. The van der Waals surface area contributed by atoms with Crippen LogP contribution in [0.3, 0.4) is 0 Å². The average Bonchev–Trinajstić information content (AvgIpc) is 2.15. The van der Waals surface area contributed by atoms with Crippen molar-refractivity contribution in [1.29, 1.82) is 0 Å². The Hall–Kier alpha value is -1.56. The maximum absolute atomic E-state index is 11.6. The second kappa shape index (κ2) is 4.13. The van der Waals surface area contributed by atoms with Crippen molar-refractivity contribution in [2.24, 2.45) is 0 Å². The highest BCUT2D eigenvalue weighted by atomic mass is 32.2. The van der Waals surface area contributed by atoms with Gasteiger partial charge in [0.25, 0.3) is 5.91 Å². The lowest BCUT2D eigenvalue weighted by Crippen LogP contribution is -2.22. The maximum Gasteiger partial charge on any atom is 0.253 e. The number of nitrogens with zero attached hydrogens (tertiary/aromatic N) is 1. The lowest BCUT2D eigenvalue weighted by atomic mass is 10.2. The molecule has 0 aromatic heterocycles. The molecule has 1 aromatic carbocycles.